The smallest absolute Gasteiger partial charge is 0.340 e. The van der Waals surface area contributed by atoms with E-state index in [1.54, 1.807) is 12.3 Å². The lowest BCUT2D eigenvalue weighted by molar-refractivity contribution is -0.119. The van der Waals surface area contributed by atoms with Crippen LogP contribution in [0.15, 0.2) is 77.5 Å². The van der Waals surface area contributed by atoms with E-state index in [-0.39, 0.29) is 12.2 Å². The molecule has 1 amide bonds. The molecule has 5 nitrogen and oxygen atoms in total. The van der Waals surface area contributed by atoms with Crippen LogP contribution in [0.2, 0.25) is 0 Å². The number of pyridine rings is 1. The van der Waals surface area contributed by atoms with Gasteiger partial charge in [0.05, 0.1) is 5.56 Å². The van der Waals surface area contributed by atoms with E-state index in [0.29, 0.717) is 16.6 Å². The van der Waals surface area contributed by atoms with Gasteiger partial charge in [-0.25, -0.2) is 4.79 Å². The second-order valence-electron chi connectivity index (χ2n) is 5.84. The number of hydrogen-bond acceptors (Lipinski definition) is 4. The van der Waals surface area contributed by atoms with E-state index in [1.165, 1.54) is 6.20 Å². The van der Waals surface area contributed by atoms with Crippen LogP contribution in [0.5, 0.6) is 0 Å². The second-order valence-corrected chi connectivity index (χ2v) is 6.75. The average molecular weight is 425 g/mol. The normalized spacial score (nSPS) is 10.3. The number of carbonyl (C=O) groups excluding carboxylic acids is 2. The first-order chi connectivity index (χ1) is 13.1. The number of para-hydroxylation sites is 1. The molecule has 1 N–H and O–H groups in total. The first-order valence-corrected chi connectivity index (χ1v) is 9.10. The van der Waals surface area contributed by atoms with Gasteiger partial charge in [-0.1, -0.05) is 48.5 Å². The minimum atomic E-state index is -0.600. The molecule has 27 heavy (non-hydrogen) atoms. The minimum Gasteiger partial charge on any atom is -0.452 e. The third-order valence-corrected chi connectivity index (χ3v) is 4.24. The van der Waals surface area contributed by atoms with Gasteiger partial charge in [0.15, 0.2) is 6.61 Å². The fraction of sp³-hybridized carbons (Fsp3) is 0.0952. The van der Waals surface area contributed by atoms with Gasteiger partial charge in [-0.2, -0.15) is 0 Å². The molecular formula is C21H17BrN2O3. The standard InChI is InChI=1S/C21H17BrN2O3/c22-18-11-17(12-23-13-18)21(26)27-14-20(25)24-19-9-5-4-8-16(19)10-15-6-2-1-3-7-15/h1-9,11-13H,10,14H2,(H,24,25). The third-order valence-electron chi connectivity index (χ3n) is 3.80. The molecule has 0 spiro atoms. The van der Waals surface area contributed by atoms with Gasteiger partial charge in [-0.15, -0.1) is 0 Å². The Balaban J connectivity index is 1.60. The number of anilines is 1. The molecular weight excluding hydrogens is 408 g/mol. The van der Waals surface area contributed by atoms with E-state index in [0.717, 1.165) is 11.1 Å². The van der Waals surface area contributed by atoms with Crippen molar-refractivity contribution >= 4 is 33.5 Å². The van der Waals surface area contributed by atoms with E-state index in [9.17, 15) is 9.59 Å². The van der Waals surface area contributed by atoms with Crippen LogP contribution in [0.4, 0.5) is 5.69 Å². The van der Waals surface area contributed by atoms with Gasteiger partial charge < -0.3 is 10.1 Å². The summed E-state index contributed by atoms with van der Waals surface area (Å²) in [5.41, 5.74) is 3.11. The molecule has 0 aliphatic heterocycles. The summed E-state index contributed by atoms with van der Waals surface area (Å²) in [5, 5.41) is 2.81. The van der Waals surface area contributed by atoms with Crippen molar-refractivity contribution in [1.82, 2.24) is 4.98 Å². The van der Waals surface area contributed by atoms with Crippen molar-refractivity contribution in [3.05, 3.63) is 94.2 Å². The summed E-state index contributed by atoms with van der Waals surface area (Å²) in [6.45, 7) is -0.370. The van der Waals surface area contributed by atoms with Crippen molar-refractivity contribution in [2.24, 2.45) is 0 Å². The maximum atomic E-state index is 12.2. The zero-order chi connectivity index (χ0) is 19.1. The Labute approximate surface area is 165 Å². The van der Waals surface area contributed by atoms with Gasteiger partial charge in [0.2, 0.25) is 0 Å². The summed E-state index contributed by atoms with van der Waals surface area (Å²) in [6.07, 6.45) is 3.65. The fourth-order valence-corrected chi connectivity index (χ4v) is 2.90. The highest BCUT2D eigenvalue weighted by molar-refractivity contribution is 9.10. The molecule has 0 radical (unpaired) electrons. The van der Waals surface area contributed by atoms with E-state index in [2.05, 4.69) is 26.2 Å². The highest BCUT2D eigenvalue weighted by Crippen LogP contribution is 2.19. The number of esters is 1. The minimum absolute atomic E-state index is 0.279. The number of amides is 1. The summed E-state index contributed by atoms with van der Waals surface area (Å²) in [4.78, 5) is 28.1. The Hall–Kier alpha value is -2.99. The fourth-order valence-electron chi connectivity index (χ4n) is 2.54. The maximum absolute atomic E-state index is 12.2. The maximum Gasteiger partial charge on any atom is 0.340 e. The molecule has 0 fully saturated rings. The molecule has 0 bridgehead atoms. The number of aromatic nitrogens is 1. The van der Waals surface area contributed by atoms with Crippen molar-refractivity contribution < 1.29 is 14.3 Å². The second kappa shape index (κ2) is 9.09. The van der Waals surface area contributed by atoms with E-state index < -0.39 is 11.9 Å². The van der Waals surface area contributed by atoms with Crippen molar-refractivity contribution in [2.75, 3.05) is 11.9 Å². The van der Waals surface area contributed by atoms with E-state index in [4.69, 9.17) is 4.74 Å². The molecule has 2 aromatic carbocycles. The van der Waals surface area contributed by atoms with Gasteiger partial charge in [0.25, 0.3) is 5.91 Å². The van der Waals surface area contributed by atoms with Crippen LogP contribution >= 0.6 is 15.9 Å². The molecule has 0 unspecified atom stereocenters. The predicted molar refractivity (Wildman–Crippen MR) is 107 cm³/mol. The Morgan fingerprint density at radius 2 is 1.74 bits per heavy atom. The van der Waals surface area contributed by atoms with Crippen LogP contribution in [0, 0.1) is 0 Å². The van der Waals surface area contributed by atoms with Gasteiger partial charge in [0, 0.05) is 22.6 Å². The van der Waals surface area contributed by atoms with Crippen molar-refractivity contribution in [1.29, 1.82) is 0 Å². The largest absolute Gasteiger partial charge is 0.452 e. The van der Waals surface area contributed by atoms with Crippen LogP contribution in [0.3, 0.4) is 0 Å². The molecule has 0 aliphatic carbocycles. The molecule has 1 heterocycles. The summed E-state index contributed by atoms with van der Waals surface area (Å²) in [5.74, 6) is -0.997. The summed E-state index contributed by atoms with van der Waals surface area (Å²) < 4.78 is 5.73. The lowest BCUT2D eigenvalue weighted by Crippen LogP contribution is -2.21. The highest BCUT2D eigenvalue weighted by atomic mass is 79.9. The monoisotopic (exact) mass is 424 g/mol. The Kier molecular flexibility index (Phi) is 6.33. The Morgan fingerprint density at radius 3 is 2.52 bits per heavy atom. The number of nitrogens with one attached hydrogen (secondary N) is 1. The Bertz CT molecular complexity index is 945. The zero-order valence-corrected chi connectivity index (χ0v) is 16.0. The molecule has 3 aromatic rings. The quantitative estimate of drug-likeness (QED) is 0.601. The number of carbonyl (C=O) groups is 2. The van der Waals surface area contributed by atoms with Crippen molar-refractivity contribution in [2.45, 2.75) is 6.42 Å². The molecule has 0 saturated carbocycles. The number of benzene rings is 2. The predicted octanol–water partition coefficient (Wildman–Crippen LogP) is 4.23. The molecule has 3 rings (SSSR count). The topological polar surface area (TPSA) is 68.3 Å². The lowest BCUT2D eigenvalue weighted by atomic mass is 10.0. The Morgan fingerprint density at radius 1 is 1.00 bits per heavy atom. The van der Waals surface area contributed by atoms with Crippen molar-refractivity contribution in [3.8, 4) is 0 Å². The molecule has 6 heteroatoms. The number of halogens is 1. The number of hydrogen-bond donors (Lipinski definition) is 1. The summed E-state index contributed by atoms with van der Waals surface area (Å²) in [6, 6.07) is 19.1. The molecule has 0 atom stereocenters. The number of nitrogens with zero attached hydrogens (tertiary/aromatic N) is 1. The van der Waals surface area contributed by atoms with Crippen molar-refractivity contribution in [3.63, 3.8) is 0 Å². The highest BCUT2D eigenvalue weighted by Gasteiger charge is 2.12. The van der Waals surface area contributed by atoms with E-state index >= 15 is 0 Å². The van der Waals surface area contributed by atoms with Crippen LogP contribution in [-0.4, -0.2) is 23.5 Å². The first kappa shape index (κ1) is 18.8. The third kappa shape index (κ3) is 5.49. The van der Waals surface area contributed by atoms with Gasteiger partial charge >= 0.3 is 5.97 Å². The summed E-state index contributed by atoms with van der Waals surface area (Å²) in [7, 11) is 0. The van der Waals surface area contributed by atoms with Crippen LogP contribution in [0.1, 0.15) is 21.5 Å². The molecule has 0 saturated heterocycles. The first-order valence-electron chi connectivity index (χ1n) is 8.31. The lowest BCUT2D eigenvalue weighted by Gasteiger charge is -2.11. The number of ether oxygens (including phenoxy) is 1. The average Bonchev–Trinajstić information content (AvgIpc) is 2.68. The van der Waals surface area contributed by atoms with Gasteiger partial charge in [-0.3, -0.25) is 9.78 Å². The van der Waals surface area contributed by atoms with Gasteiger partial charge in [0.1, 0.15) is 0 Å². The van der Waals surface area contributed by atoms with Crippen LogP contribution in [0.25, 0.3) is 0 Å². The molecule has 0 aliphatic rings. The van der Waals surface area contributed by atoms with Gasteiger partial charge in [-0.05, 0) is 45.6 Å². The van der Waals surface area contributed by atoms with E-state index in [1.807, 2.05) is 54.6 Å². The molecule has 136 valence electrons. The SMILES string of the molecule is O=C(COC(=O)c1cncc(Br)c1)Nc1ccccc1Cc1ccccc1. The summed E-state index contributed by atoms with van der Waals surface area (Å²) >= 11 is 3.24. The molecule has 1 aromatic heterocycles. The number of rotatable bonds is 6. The van der Waals surface area contributed by atoms with Crippen LogP contribution in [-0.2, 0) is 16.0 Å². The zero-order valence-electron chi connectivity index (χ0n) is 14.4. The van der Waals surface area contributed by atoms with Crippen LogP contribution < -0.4 is 5.32 Å².